The number of hydrogen-bond donors (Lipinski definition) is 1. The van der Waals surface area contributed by atoms with Crippen molar-refractivity contribution in [1.82, 2.24) is 9.80 Å². The third-order valence-electron chi connectivity index (χ3n) is 3.07. The first kappa shape index (κ1) is 13.4. The molecule has 7 heteroatoms. The van der Waals surface area contributed by atoms with Crippen LogP contribution in [0.5, 0.6) is 0 Å². The van der Waals surface area contributed by atoms with Crippen molar-refractivity contribution in [3.05, 3.63) is 23.7 Å². The van der Waals surface area contributed by atoms with E-state index in [0.717, 1.165) is 0 Å². The lowest BCUT2D eigenvalue weighted by atomic mass is 10.3. The normalized spacial score (nSPS) is 15.5. The minimum Gasteiger partial charge on any atom is -0.455 e. The van der Waals surface area contributed by atoms with Crippen LogP contribution < -0.4 is 5.73 Å². The van der Waals surface area contributed by atoms with Gasteiger partial charge in [0.25, 0.3) is 5.91 Å². The Bertz CT molecular complexity index is 463. The molecule has 1 aliphatic rings. The van der Waals surface area contributed by atoms with E-state index in [9.17, 15) is 9.59 Å². The predicted molar refractivity (Wildman–Crippen MR) is 66.5 cm³/mol. The average Bonchev–Trinajstić information content (AvgIpc) is 2.94. The lowest BCUT2D eigenvalue weighted by molar-refractivity contribution is 0.0571. The highest BCUT2D eigenvalue weighted by Gasteiger charge is 2.26. The first-order chi connectivity index (χ1) is 9.15. The molecule has 7 nitrogen and oxygen atoms in total. The van der Waals surface area contributed by atoms with Gasteiger partial charge in [-0.2, -0.15) is 0 Å². The van der Waals surface area contributed by atoms with Crippen molar-refractivity contribution in [2.75, 3.05) is 33.3 Å². The van der Waals surface area contributed by atoms with Gasteiger partial charge in [0.05, 0.1) is 13.7 Å². The summed E-state index contributed by atoms with van der Waals surface area (Å²) in [5, 5.41) is 0. The third-order valence-corrected chi connectivity index (χ3v) is 3.07. The molecule has 0 atom stereocenters. The van der Waals surface area contributed by atoms with Gasteiger partial charge in [0.15, 0.2) is 5.76 Å². The van der Waals surface area contributed by atoms with E-state index in [1.54, 1.807) is 21.9 Å². The number of furan rings is 1. The summed E-state index contributed by atoms with van der Waals surface area (Å²) in [5.41, 5.74) is 5.43. The molecule has 0 aromatic carbocycles. The second-order valence-corrected chi connectivity index (χ2v) is 4.22. The average molecular weight is 267 g/mol. The molecular weight excluding hydrogens is 250 g/mol. The Balaban J connectivity index is 1.94. The fraction of sp³-hybridized carbons (Fsp3) is 0.500. The number of hydrogen-bond acceptors (Lipinski definition) is 5. The highest BCUT2D eigenvalue weighted by molar-refractivity contribution is 5.91. The van der Waals surface area contributed by atoms with E-state index in [4.69, 9.17) is 10.2 Å². The van der Waals surface area contributed by atoms with Crippen molar-refractivity contribution in [2.24, 2.45) is 5.73 Å². The van der Waals surface area contributed by atoms with Crippen LogP contribution in [0.2, 0.25) is 0 Å². The topological polar surface area (TPSA) is 89.0 Å². The van der Waals surface area contributed by atoms with Gasteiger partial charge in [-0.1, -0.05) is 0 Å². The van der Waals surface area contributed by atoms with Crippen LogP contribution in [-0.4, -0.2) is 55.1 Å². The number of nitrogens with two attached hydrogens (primary N) is 1. The van der Waals surface area contributed by atoms with Crippen molar-refractivity contribution in [3.8, 4) is 0 Å². The second-order valence-electron chi connectivity index (χ2n) is 4.22. The van der Waals surface area contributed by atoms with Crippen LogP contribution >= 0.6 is 0 Å². The van der Waals surface area contributed by atoms with Crippen LogP contribution in [0, 0.1) is 0 Å². The Hall–Kier alpha value is -2.02. The maximum atomic E-state index is 12.1. The molecule has 1 fully saturated rings. The van der Waals surface area contributed by atoms with Crippen LogP contribution in [0.3, 0.4) is 0 Å². The molecule has 2 rings (SSSR count). The Morgan fingerprint density at radius 1 is 1.26 bits per heavy atom. The largest absolute Gasteiger partial charge is 0.455 e. The van der Waals surface area contributed by atoms with Gasteiger partial charge in [-0.05, 0) is 12.1 Å². The van der Waals surface area contributed by atoms with Gasteiger partial charge in [0, 0.05) is 26.2 Å². The number of nitrogens with zero attached hydrogens (tertiary/aromatic N) is 2. The molecule has 0 bridgehead atoms. The molecule has 0 aliphatic carbocycles. The maximum absolute atomic E-state index is 12.1. The van der Waals surface area contributed by atoms with E-state index in [1.165, 1.54) is 7.11 Å². The summed E-state index contributed by atoms with van der Waals surface area (Å²) in [6, 6.07) is 3.31. The lowest BCUT2D eigenvalue weighted by Gasteiger charge is -2.33. The van der Waals surface area contributed by atoms with E-state index >= 15 is 0 Å². The molecule has 2 amide bonds. The van der Waals surface area contributed by atoms with Crippen molar-refractivity contribution in [3.63, 3.8) is 0 Å². The zero-order chi connectivity index (χ0) is 13.8. The van der Waals surface area contributed by atoms with Gasteiger partial charge in [-0.3, -0.25) is 4.79 Å². The summed E-state index contributed by atoms with van der Waals surface area (Å²) in [7, 11) is 1.34. The number of ether oxygens (including phenoxy) is 1. The Kier molecular flexibility index (Phi) is 4.06. The smallest absolute Gasteiger partial charge is 0.409 e. The number of carbonyl (C=O) groups is 2. The molecule has 1 saturated heterocycles. The quantitative estimate of drug-likeness (QED) is 0.830. The minimum atomic E-state index is -0.365. The van der Waals surface area contributed by atoms with Gasteiger partial charge in [-0.25, -0.2) is 4.79 Å². The van der Waals surface area contributed by atoms with E-state index in [2.05, 4.69) is 4.74 Å². The van der Waals surface area contributed by atoms with Crippen molar-refractivity contribution in [1.29, 1.82) is 0 Å². The fourth-order valence-corrected chi connectivity index (χ4v) is 1.98. The monoisotopic (exact) mass is 267 g/mol. The number of carbonyl (C=O) groups excluding carboxylic acids is 2. The van der Waals surface area contributed by atoms with Gasteiger partial charge in [0.2, 0.25) is 0 Å². The maximum Gasteiger partial charge on any atom is 0.409 e. The van der Waals surface area contributed by atoms with Gasteiger partial charge < -0.3 is 24.7 Å². The van der Waals surface area contributed by atoms with E-state index in [-0.39, 0.29) is 24.3 Å². The van der Waals surface area contributed by atoms with Crippen molar-refractivity contribution < 1.29 is 18.7 Å². The van der Waals surface area contributed by atoms with E-state index < -0.39 is 0 Å². The first-order valence-corrected chi connectivity index (χ1v) is 6.06. The van der Waals surface area contributed by atoms with Crippen LogP contribution in [0.25, 0.3) is 0 Å². The Morgan fingerprint density at radius 3 is 2.42 bits per heavy atom. The molecule has 19 heavy (non-hydrogen) atoms. The van der Waals surface area contributed by atoms with E-state index in [0.29, 0.717) is 31.9 Å². The van der Waals surface area contributed by atoms with Gasteiger partial charge in [0.1, 0.15) is 5.76 Å². The SMILES string of the molecule is COC(=O)N1CCN(C(=O)c2ccc(CN)o2)CC1. The van der Waals surface area contributed by atoms with Crippen molar-refractivity contribution >= 4 is 12.0 Å². The van der Waals surface area contributed by atoms with Crippen LogP contribution in [0.1, 0.15) is 16.3 Å². The second kappa shape index (κ2) is 5.75. The molecule has 0 saturated carbocycles. The summed E-state index contributed by atoms with van der Waals surface area (Å²) in [6.45, 7) is 2.12. The minimum absolute atomic E-state index is 0.177. The Labute approximate surface area is 110 Å². The highest BCUT2D eigenvalue weighted by atomic mass is 16.5. The number of rotatable bonds is 2. The van der Waals surface area contributed by atoms with Crippen LogP contribution in [0.15, 0.2) is 16.5 Å². The molecular formula is C12H17N3O4. The summed E-state index contributed by atoms with van der Waals surface area (Å²) in [4.78, 5) is 26.7. The summed E-state index contributed by atoms with van der Waals surface area (Å²) >= 11 is 0. The zero-order valence-corrected chi connectivity index (χ0v) is 10.8. The molecule has 104 valence electrons. The molecule has 1 aromatic rings. The van der Waals surface area contributed by atoms with Crippen molar-refractivity contribution in [2.45, 2.75) is 6.54 Å². The van der Waals surface area contributed by atoms with Crippen LogP contribution in [-0.2, 0) is 11.3 Å². The molecule has 1 aromatic heterocycles. The standard InChI is InChI=1S/C12H17N3O4/c1-18-12(17)15-6-4-14(5-7-15)11(16)10-3-2-9(8-13)19-10/h2-3H,4-8,13H2,1H3. The first-order valence-electron chi connectivity index (χ1n) is 6.06. The lowest BCUT2D eigenvalue weighted by Crippen LogP contribution is -2.50. The number of amides is 2. The molecule has 0 spiro atoms. The zero-order valence-electron chi connectivity index (χ0n) is 10.8. The number of methoxy groups -OCH3 is 1. The van der Waals surface area contributed by atoms with Gasteiger partial charge >= 0.3 is 6.09 Å². The summed E-state index contributed by atoms with van der Waals surface area (Å²) < 4.78 is 9.96. The predicted octanol–water partition coefficient (Wildman–Crippen LogP) is 0.263. The molecule has 2 heterocycles. The van der Waals surface area contributed by atoms with E-state index in [1.807, 2.05) is 0 Å². The molecule has 0 radical (unpaired) electrons. The Morgan fingerprint density at radius 2 is 1.89 bits per heavy atom. The summed E-state index contributed by atoms with van der Waals surface area (Å²) in [6.07, 6.45) is -0.365. The fourth-order valence-electron chi connectivity index (χ4n) is 1.98. The highest BCUT2D eigenvalue weighted by Crippen LogP contribution is 2.12. The molecule has 0 unspecified atom stereocenters. The number of piperazine rings is 1. The van der Waals surface area contributed by atoms with Crippen LogP contribution in [0.4, 0.5) is 4.79 Å². The third kappa shape index (κ3) is 2.87. The van der Waals surface area contributed by atoms with Gasteiger partial charge in [-0.15, -0.1) is 0 Å². The molecule has 1 aliphatic heterocycles. The molecule has 2 N–H and O–H groups in total. The summed E-state index contributed by atoms with van der Waals surface area (Å²) in [5.74, 6) is 0.688.